The molecule has 2 nitrogen and oxygen atoms in total. The highest BCUT2D eigenvalue weighted by Gasteiger charge is 2.22. The van der Waals surface area contributed by atoms with Gasteiger partial charge < -0.3 is 4.42 Å². The average molecular weight is 211 g/mol. The molecule has 0 bridgehead atoms. The number of aryl methyl sites for hydroxylation is 1. The van der Waals surface area contributed by atoms with Crippen molar-refractivity contribution in [2.24, 2.45) is 0 Å². The van der Waals surface area contributed by atoms with Crippen LogP contribution in [0, 0.1) is 0 Å². The molecule has 14 heavy (non-hydrogen) atoms. The Morgan fingerprint density at radius 3 is 3.07 bits per heavy atom. The van der Waals surface area contributed by atoms with E-state index in [1.54, 1.807) is 0 Å². The largest absolute Gasteiger partial charge is 0.464 e. The summed E-state index contributed by atoms with van der Waals surface area (Å²) in [5, 5.41) is 3.90. The number of hydrogen-bond acceptors (Lipinski definition) is 3. The van der Waals surface area contributed by atoms with Gasteiger partial charge in [-0.15, -0.1) is 11.8 Å². The average Bonchev–Trinajstić information content (AvgIpc) is 2.66. The SMILES string of the molecule is CCc1ccc(C2NC(C)CCS2)o1. The quantitative estimate of drug-likeness (QED) is 0.814. The van der Waals surface area contributed by atoms with Crippen molar-refractivity contribution < 1.29 is 4.42 Å². The molecule has 0 spiro atoms. The van der Waals surface area contributed by atoms with Gasteiger partial charge in [0, 0.05) is 12.5 Å². The van der Waals surface area contributed by atoms with Gasteiger partial charge in [-0.2, -0.15) is 0 Å². The molecule has 78 valence electrons. The molecule has 1 aliphatic rings. The Bertz CT molecular complexity index is 297. The smallest absolute Gasteiger partial charge is 0.131 e. The van der Waals surface area contributed by atoms with Crippen molar-refractivity contribution in [3.63, 3.8) is 0 Å². The highest BCUT2D eigenvalue weighted by Crippen LogP contribution is 2.32. The molecule has 0 amide bonds. The van der Waals surface area contributed by atoms with E-state index in [4.69, 9.17) is 4.42 Å². The number of rotatable bonds is 2. The lowest BCUT2D eigenvalue weighted by molar-refractivity contribution is 0.416. The Balaban J connectivity index is 2.06. The van der Waals surface area contributed by atoms with E-state index in [0.29, 0.717) is 11.4 Å². The van der Waals surface area contributed by atoms with Crippen molar-refractivity contribution in [2.75, 3.05) is 5.75 Å². The van der Waals surface area contributed by atoms with Gasteiger partial charge in [-0.1, -0.05) is 6.92 Å². The second-order valence-electron chi connectivity index (χ2n) is 3.76. The first-order valence-corrected chi connectivity index (χ1v) is 6.30. The number of furan rings is 1. The molecule has 1 aromatic heterocycles. The molecule has 0 aromatic carbocycles. The van der Waals surface area contributed by atoms with Gasteiger partial charge in [0.15, 0.2) is 0 Å². The van der Waals surface area contributed by atoms with Gasteiger partial charge in [0.05, 0.1) is 0 Å². The minimum Gasteiger partial charge on any atom is -0.464 e. The van der Waals surface area contributed by atoms with Crippen molar-refractivity contribution in [3.8, 4) is 0 Å². The van der Waals surface area contributed by atoms with Crippen LogP contribution in [0.1, 0.15) is 37.2 Å². The Kier molecular flexibility index (Phi) is 3.19. The minimum atomic E-state index is 0.360. The molecule has 3 heteroatoms. The number of hydrogen-bond donors (Lipinski definition) is 1. The van der Waals surface area contributed by atoms with Crippen LogP contribution < -0.4 is 5.32 Å². The summed E-state index contributed by atoms with van der Waals surface area (Å²) < 4.78 is 5.74. The summed E-state index contributed by atoms with van der Waals surface area (Å²) in [5.41, 5.74) is 0. The minimum absolute atomic E-state index is 0.360. The first-order valence-electron chi connectivity index (χ1n) is 5.26. The van der Waals surface area contributed by atoms with Crippen LogP contribution in [0.2, 0.25) is 0 Å². The predicted molar refractivity (Wildman–Crippen MR) is 60.5 cm³/mol. The maximum Gasteiger partial charge on any atom is 0.131 e. The molecule has 2 heterocycles. The summed E-state index contributed by atoms with van der Waals surface area (Å²) in [6, 6.07) is 4.79. The summed E-state index contributed by atoms with van der Waals surface area (Å²) in [5.74, 6) is 3.39. The van der Waals surface area contributed by atoms with Gasteiger partial charge in [0.1, 0.15) is 16.9 Å². The van der Waals surface area contributed by atoms with Gasteiger partial charge in [-0.05, 0) is 31.2 Å². The fourth-order valence-corrected chi connectivity index (χ4v) is 2.99. The van der Waals surface area contributed by atoms with E-state index in [9.17, 15) is 0 Å². The summed E-state index contributed by atoms with van der Waals surface area (Å²) in [6.45, 7) is 4.35. The summed E-state index contributed by atoms with van der Waals surface area (Å²) >= 11 is 1.94. The van der Waals surface area contributed by atoms with Crippen LogP contribution in [-0.2, 0) is 6.42 Å². The van der Waals surface area contributed by atoms with Gasteiger partial charge >= 0.3 is 0 Å². The van der Waals surface area contributed by atoms with Crippen LogP contribution in [0.15, 0.2) is 16.5 Å². The summed E-state index contributed by atoms with van der Waals surface area (Å²) in [6.07, 6.45) is 2.23. The van der Waals surface area contributed by atoms with Gasteiger partial charge in [-0.3, -0.25) is 5.32 Å². The van der Waals surface area contributed by atoms with Crippen molar-refractivity contribution in [2.45, 2.75) is 38.1 Å². The molecule has 1 saturated heterocycles. The zero-order chi connectivity index (χ0) is 9.97. The van der Waals surface area contributed by atoms with Crippen LogP contribution in [0.3, 0.4) is 0 Å². The molecule has 2 unspecified atom stereocenters. The highest BCUT2D eigenvalue weighted by atomic mass is 32.2. The molecule has 1 fully saturated rings. The van der Waals surface area contributed by atoms with Crippen LogP contribution in [0.4, 0.5) is 0 Å². The maximum atomic E-state index is 5.74. The van der Waals surface area contributed by atoms with Crippen LogP contribution in [-0.4, -0.2) is 11.8 Å². The molecule has 1 N–H and O–H groups in total. The van der Waals surface area contributed by atoms with Crippen molar-refractivity contribution in [1.29, 1.82) is 0 Å². The molecule has 1 aromatic rings. The first kappa shape index (κ1) is 10.1. The lowest BCUT2D eigenvalue weighted by atomic mass is 10.2. The van der Waals surface area contributed by atoms with Gasteiger partial charge in [0.2, 0.25) is 0 Å². The van der Waals surface area contributed by atoms with E-state index >= 15 is 0 Å². The second kappa shape index (κ2) is 4.41. The second-order valence-corrected chi connectivity index (χ2v) is 4.98. The van der Waals surface area contributed by atoms with Crippen molar-refractivity contribution in [3.05, 3.63) is 23.7 Å². The highest BCUT2D eigenvalue weighted by molar-refractivity contribution is 7.99. The molecule has 2 atom stereocenters. The third-order valence-electron chi connectivity index (χ3n) is 2.56. The standard InChI is InChI=1S/C11H17NOS/c1-3-9-4-5-10(13-9)11-12-8(2)6-7-14-11/h4-5,8,11-12H,3,6-7H2,1-2H3. The third-order valence-corrected chi connectivity index (χ3v) is 3.73. The maximum absolute atomic E-state index is 5.74. The Morgan fingerprint density at radius 2 is 2.43 bits per heavy atom. The molecule has 0 saturated carbocycles. The summed E-state index contributed by atoms with van der Waals surface area (Å²) in [4.78, 5) is 0. The summed E-state index contributed by atoms with van der Waals surface area (Å²) in [7, 11) is 0. The lowest BCUT2D eigenvalue weighted by Gasteiger charge is -2.26. The third kappa shape index (κ3) is 2.15. The normalized spacial score (nSPS) is 27.9. The van der Waals surface area contributed by atoms with E-state index in [1.165, 1.54) is 12.2 Å². The van der Waals surface area contributed by atoms with Crippen molar-refractivity contribution in [1.82, 2.24) is 5.32 Å². The zero-order valence-electron chi connectivity index (χ0n) is 8.75. The molecule has 2 rings (SSSR count). The van der Waals surface area contributed by atoms with Gasteiger partial charge in [0.25, 0.3) is 0 Å². The Hall–Kier alpha value is -0.410. The van der Waals surface area contributed by atoms with E-state index in [-0.39, 0.29) is 0 Å². The fourth-order valence-electron chi connectivity index (χ4n) is 1.64. The van der Waals surface area contributed by atoms with Crippen LogP contribution >= 0.6 is 11.8 Å². The predicted octanol–water partition coefficient (Wildman–Crippen LogP) is 2.96. The topological polar surface area (TPSA) is 25.2 Å². The molecule has 1 aliphatic heterocycles. The Morgan fingerprint density at radius 1 is 1.57 bits per heavy atom. The number of nitrogens with one attached hydrogen (secondary N) is 1. The lowest BCUT2D eigenvalue weighted by Crippen LogP contribution is -2.33. The monoisotopic (exact) mass is 211 g/mol. The molecule has 0 radical (unpaired) electrons. The zero-order valence-corrected chi connectivity index (χ0v) is 9.56. The fraction of sp³-hybridized carbons (Fsp3) is 0.636. The van der Waals surface area contributed by atoms with Crippen LogP contribution in [0.5, 0.6) is 0 Å². The van der Waals surface area contributed by atoms with E-state index in [0.717, 1.165) is 17.9 Å². The molecular formula is C11H17NOS. The Labute approximate surface area is 89.4 Å². The molecule has 0 aliphatic carbocycles. The first-order chi connectivity index (χ1) is 6.79. The van der Waals surface area contributed by atoms with Gasteiger partial charge in [-0.25, -0.2) is 0 Å². The van der Waals surface area contributed by atoms with E-state index in [1.807, 2.05) is 11.8 Å². The molecular weight excluding hydrogens is 194 g/mol. The van der Waals surface area contributed by atoms with Crippen molar-refractivity contribution >= 4 is 11.8 Å². The van der Waals surface area contributed by atoms with E-state index < -0.39 is 0 Å². The van der Waals surface area contributed by atoms with E-state index in [2.05, 4.69) is 31.3 Å². The number of thioether (sulfide) groups is 1. The van der Waals surface area contributed by atoms with Crippen LogP contribution in [0.25, 0.3) is 0 Å².